The zero-order valence-corrected chi connectivity index (χ0v) is 14.9. The topological polar surface area (TPSA) is 75.3 Å². The van der Waals surface area contributed by atoms with Crippen molar-refractivity contribution in [1.82, 2.24) is 5.32 Å². The molecule has 1 amide bonds. The molecular weight excluding hydrogens is 324 g/mol. The second-order valence-electron chi connectivity index (χ2n) is 5.78. The fourth-order valence-corrected chi connectivity index (χ4v) is 3.15. The summed E-state index contributed by atoms with van der Waals surface area (Å²) in [4.78, 5) is 12.2. The molecule has 0 radical (unpaired) electrons. The molecule has 0 fully saturated rings. The van der Waals surface area contributed by atoms with Crippen molar-refractivity contribution in [1.29, 1.82) is 0 Å². The number of rotatable bonds is 6. The smallest absolute Gasteiger partial charge is 0.261 e. The minimum absolute atomic E-state index is 0.0310. The molecule has 5 nitrogen and oxygen atoms in total. The van der Waals surface area contributed by atoms with Gasteiger partial charge in [-0.25, -0.2) is 8.42 Å². The second kappa shape index (κ2) is 7.49. The average molecular weight is 346 g/mol. The zero-order valence-electron chi connectivity index (χ0n) is 14.0. The lowest BCUT2D eigenvalue weighted by Gasteiger charge is -2.13. The molecule has 1 atom stereocenters. The van der Waals surface area contributed by atoms with E-state index in [0.29, 0.717) is 11.3 Å². The van der Waals surface area contributed by atoms with Gasteiger partial charge in [0.1, 0.15) is 0 Å². The van der Waals surface area contributed by atoms with Crippen molar-refractivity contribution in [2.24, 2.45) is 0 Å². The maximum absolute atomic E-state index is 12.5. The monoisotopic (exact) mass is 346 g/mol. The van der Waals surface area contributed by atoms with Crippen LogP contribution < -0.4 is 10.0 Å². The summed E-state index contributed by atoms with van der Waals surface area (Å²) in [6.45, 7) is 5.80. The highest BCUT2D eigenvalue weighted by molar-refractivity contribution is 7.92. The van der Waals surface area contributed by atoms with Gasteiger partial charge >= 0.3 is 0 Å². The van der Waals surface area contributed by atoms with E-state index in [1.165, 1.54) is 12.1 Å². The van der Waals surface area contributed by atoms with Gasteiger partial charge in [-0.2, -0.15) is 0 Å². The average Bonchev–Trinajstić information content (AvgIpc) is 2.56. The minimum atomic E-state index is -3.75. The summed E-state index contributed by atoms with van der Waals surface area (Å²) < 4.78 is 27.5. The standard InChI is InChI=1S/C18H22N2O3S/c1-4-14(3)19-18(21)15-6-5-7-17(12-15)24(22,23)20-16-10-8-13(2)9-11-16/h5-12,14,20H,4H2,1-3H3,(H,19,21). The van der Waals surface area contributed by atoms with E-state index >= 15 is 0 Å². The number of sulfonamides is 1. The first-order valence-corrected chi connectivity index (χ1v) is 9.30. The van der Waals surface area contributed by atoms with Crippen molar-refractivity contribution in [3.05, 3.63) is 59.7 Å². The predicted molar refractivity (Wildman–Crippen MR) is 95.6 cm³/mol. The number of aryl methyl sites for hydroxylation is 1. The van der Waals surface area contributed by atoms with Crippen LogP contribution in [0.2, 0.25) is 0 Å². The number of nitrogens with one attached hydrogen (secondary N) is 2. The molecule has 0 aliphatic rings. The van der Waals surface area contributed by atoms with E-state index in [1.807, 2.05) is 32.9 Å². The van der Waals surface area contributed by atoms with Crippen molar-refractivity contribution < 1.29 is 13.2 Å². The Bertz CT molecular complexity index is 814. The van der Waals surface area contributed by atoms with Gasteiger partial charge in [-0.05, 0) is 50.6 Å². The van der Waals surface area contributed by atoms with Crippen LogP contribution >= 0.6 is 0 Å². The van der Waals surface area contributed by atoms with Crippen LogP contribution in [0.1, 0.15) is 36.2 Å². The Morgan fingerprint density at radius 2 is 1.79 bits per heavy atom. The Morgan fingerprint density at radius 1 is 1.12 bits per heavy atom. The summed E-state index contributed by atoms with van der Waals surface area (Å²) in [5.41, 5.74) is 1.85. The molecule has 24 heavy (non-hydrogen) atoms. The Hall–Kier alpha value is -2.34. The van der Waals surface area contributed by atoms with Crippen molar-refractivity contribution in [2.45, 2.75) is 38.1 Å². The van der Waals surface area contributed by atoms with Crippen molar-refractivity contribution >= 4 is 21.6 Å². The molecule has 0 heterocycles. The summed E-state index contributed by atoms with van der Waals surface area (Å²) >= 11 is 0. The van der Waals surface area contributed by atoms with Crippen LogP contribution in [0.15, 0.2) is 53.4 Å². The SMILES string of the molecule is CCC(C)NC(=O)c1cccc(S(=O)(=O)Nc2ccc(C)cc2)c1. The van der Waals surface area contributed by atoms with Gasteiger partial charge in [-0.15, -0.1) is 0 Å². The van der Waals surface area contributed by atoms with Crippen LogP contribution in [0, 0.1) is 6.92 Å². The fourth-order valence-electron chi connectivity index (χ4n) is 2.05. The highest BCUT2D eigenvalue weighted by Crippen LogP contribution is 2.17. The molecular formula is C18H22N2O3S. The number of hydrogen-bond donors (Lipinski definition) is 2. The highest BCUT2D eigenvalue weighted by atomic mass is 32.2. The van der Waals surface area contributed by atoms with Gasteiger partial charge in [0.2, 0.25) is 0 Å². The molecule has 2 rings (SSSR count). The van der Waals surface area contributed by atoms with Crippen molar-refractivity contribution in [3.63, 3.8) is 0 Å². The van der Waals surface area contributed by atoms with Crippen LogP contribution in [-0.2, 0) is 10.0 Å². The Labute approximate surface area is 143 Å². The highest BCUT2D eigenvalue weighted by Gasteiger charge is 2.17. The van der Waals surface area contributed by atoms with Gasteiger partial charge in [0.05, 0.1) is 4.90 Å². The van der Waals surface area contributed by atoms with Crippen LogP contribution in [-0.4, -0.2) is 20.4 Å². The summed E-state index contributed by atoms with van der Waals surface area (Å²) in [6, 6.07) is 13.1. The number of amides is 1. The largest absolute Gasteiger partial charge is 0.350 e. The van der Waals surface area contributed by atoms with Gasteiger partial charge in [-0.1, -0.05) is 30.7 Å². The van der Waals surface area contributed by atoms with Crippen LogP contribution in [0.5, 0.6) is 0 Å². The number of carbonyl (C=O) groups excluding carboxylic acids is 1. The summed E-state index contributed by atoms with van der Waals surface area (Å²) in [7, 11) is -3.75. The molecule has 0 spiro atoms. The normalized spacial score (nSPS) is 12.5. The van der Waals surface area contributed by atoms with Crippen LogP contribution in [0.4, 0.5) is 5.69 Å². The number of carbonyl (C=O) groups is 1. The van der Waals surface area contributed by atoms with Gasteiger partial charge in [0.15, 0.2) is 0 Å². The first kappa shape index (κ1) is 18.0. The van der Waals surface area contributed by atoms with E-state index in [0.717, 1.165) is 12.0 Å². The zero-order chi connectivity index (χ0) is 17.7. The maximum Gasteiger partial charge on any atom is 0.261 e. The molecule has 0 aliphatic carbocycles. The third-order valence-electron chi connectivity index (χ3n) is 3.70. The molecule has 0 aliphatic heterocycles. The molecule has 0 saturated carbocycles. The second-order valence-corrected chi connectivity index (χ2v) is 7.46. The first-order chi connectivity index (χ1) is 11.3. The number of benzene rings is 2. The molecule has 128 valence electrons. The van der Waals surface area contributed by atoms with Crippen molar-refractivity contribution in [3.8, 4) is 0 Å². The first-order valence-electron chi connectivity index (χ1n) is 7.82. The lowest BCUT2D eigenvalue weighted by atomic mass is 10.2. The van der Waals surface area contributed by atoms with E-state index in [4.69, 9.17) is 0 Å². The van der Waals surface area contributed by atoms with Gasteiger partial charge in [0.25, 0.3) is 15.9 Å². The third kappa shape index (κ3) is 4.58. The molecule has 2 aromatic carbocycles. The van der Waals surface area contributed by atoms with Gasteiger partial charge in [-0.3, -0.25) is 9.52 Å². The summed E-state index contributed by atoms with van der Waals surface area (Å²) in [6.07, 6.45) is 0.804. The Kier molecular flexibility index (Phi) is 5.62. The molecule has 0 saturated heterocycles. The maximum atomic E-state index is 12.5. The quantitative estimate of drug-likeness (QED) is 0.842. The third-order valence-corrected chi connectivity index (χ3v) is 5.08. The molecule has 1 unspecified atom stereocenters. The lowest BCUT2D eigenvalue weighted by Crippen LogP contribution is -2.32. The Balaban J connectivity index is 2.23. The lowest BCUT2D eigenvalue weighted by molar-refractivity contribution is 0.0939. The fraction of sp³-hybridized carbons (Fsp3) is 0.278. The minimum Gasteiger partial charge on any atom is -0.350 e. The number of hydrogen-bond acceptors (Lipinski definition) is 3. The van der Waals surface area contributed by atoms with E-state index < -0.39 is 10.0 Å². The van der Waals surface area contributed by atoms with E-state index in [9.17, 15) is 13.2 Å². The van der Waals surface area contributed by atoms with Gasteiger partial charge < -0.3 is 5.32 Å². The summed E-state index contributed by atoms with van der Waals surface area (Å²) in [5.74, 6) is -0.281. The van der Waals surface area contributed by atoms with Crippen molar-refractivity contribution in [2.75, 3.05) is 4.72 Å². The molecule has 0 bridgehead atoms. The van der Waals surface area contributed by atoms with Gasteiger partial charge in [0, 0.05) is 17.3 Å². The predicted octanol–water partition coefficient (Wildman–Crippen LogP) is 3.32. The summed E-state index contributed by atoms with van der Waals surface area (Å²) in [5, 5.41) is 2.83. The van der Waals surface area contributed by atoms with Crippen LogP contribution in [0.25, 0.3) is 0 Å². The van der Waals surface area contributed by atoms with Crippen LogP contribution in [0.3, 0.4) is 0 Å². The van der Waals surface area contributed by atoms with E-state index in [2.05, 4.69) is 10.0 Å². The molecule has 2 N–H and O–H groups in total. The van der Waals surface area contributed by atoms with E-state index in [-0.39, 0.29) is 16.8 Å². The Morgan fingerprint density at radius 3 is 2.42 bits per heavy atom. The molecule has 2 aromatic rings. The molecule has 0 aromatic heterocycles. The molecule has 6 heteroatoms. The van der Waals surface area contributed by atoms with E-state index in [1.54, 1.807) is 24.3 Å². The number of anilines is 1.